The molecule has 0 saturated heterocycles. The van der Waals surface area contributed by atoms with Gasteiger partial charge in [0.05, 0.1) is 12.5 Å². The van der Waals surface area contributed by atoms with Crippen molar-refractivity contribution in [2.75, 3.05) is 0 Å². The zero-order valence-corrected chi connectivity index (χ0v) is 6.60. The number of rotatable bonds is 2. The average molecular weight is 185 g/mol. The molecule has 0 aliphatic carbocycles. The molecular weight excluding hydrogens is 179 g/mol. The molecule has 0 aliphatic rings. The fraction of sp³-hybridized carbons (Fsp3) is 0.222. The standard InChI is InChI=1S/C9H6F3N/c10-7-1-2-8(9(11)12)6(5-7)3-4-13/h1-2,5,9H,3H2. The van der Waals surface area contributed by atoms with Crippen LogP contribution in [0.15, 0.2) is 18.2 Å². The Morgan fingerprint density at radius 2 is 2.08 bits per heavy atom. The maximum Gasteiger partial charge on any atom is 0.264 e. The van der Waals surface area contributed by atoms with Crippen molar-refractivity contribution in [2.24, 2.45) is 0 Å². The fourth-order valence-electron chi connectivity index (χ4n) is 1.03. The lowest BCUT2D eigenvalue weighted by atomic mass is 10.1. The van der Waals surface area contributed by atoms with Gasteiger partial charge in [0.2, 0.25) is 0 Å². The first-order valence-corrected chi connectivity index (χ1v) is 3.58. The van der Waals surface area contributed by atoms with Gasteiger partial charge in [-0.25, -0.2) is 13.2 Å². The van der Waals surface area contributed by atoms with Crippen LogP contribution < -0.4 is 0 Å². The Hall–Kier alpha value is -1.50. The highest BCUT2D eigenvalue weighted by molar-refractivity contribution is 5.30. The molecule has 0 N–H and O–H groups in total. The van der Waals surface area contributed by atoms with Crippen LogP contribution in [0.5, 0.6) is 0 Å². The van der Waals surface area contributed by atoms with E-state index in [9.17, 15) is 13.2 Å². The summed E-state index contributed by atoms with van der Waals surface area (Å²) in [4.78, 5) is 0. The van der Waals surface area contributed by atoms with Gasteiger partial charge in [0, 0.05) is 5.56 Å². The van der Waals surface area contributed by atoms with Crippen LogP contribution in [0.1, 0.15) is 17.6 Å². The fourth-order valence-corrected chi connectivity index (χ4v) is 1.03. The topological polar surface area (TPSA) is 23.8 Å². The van der Waals surface area contributed by atoms with E-state index in [1.54, 1.807) is 6.07 Å². The minimum Gasteiger partial charge on any atom is -0.207 e. The number of halogens is 3. The molecule has 1 aromatic rings. The van der Waals surface area contributed by atoms with Crippen LogP contribution in [-0.2, 0) is 6.42 Å². The van der Waals surface area contributed by atoms with Crippen LogP contribution in [0, 0.1) is 17.1 Å². The second-order valence-electron chi connectivity index (χ2n) is 2.48. The van der Waals surface area contributed by atoms with Crippen molar-refractivity contribution in [3.63, 3.8) is 0 Å². The minimum atomic E-state index is -2.66. The molecule has 0 aromatic heterocycles. The minimum absolute atomic E-state index is 0.0532. The zero-order valence-electron chi connectivity index (χ0n) is 6.60. The van der Waals surface area contributed by atoms with Crippen LogP contribution in [0.2, 0.25) is 0 Å². The Kier molecular flexibility index (Phi) is 2.91. The molecule has 68 valence electrons. The summed E-state index contributed by atoms with van der Waals surface area (Å²) < 4.78 is 37.1. The Morgan fingerprint density at radius 3 is 2.62 bits per heavy atom. The van der Waals surface area contributed by atoms with Gasteiger partial charge in [-0.1, -0.05) is 6.07 Å². The smallest absolute Gasteiger partial charge is 0.207 e. The number of hydrogen-bond donors (Lipinski definition) is 0. The average Bonchev–Trinajstić information content (AvgIpc) is 2.04. The molecule has 1 nitrogen and oxygen atoms in total. The van der Waals surface area contributed by atoms with Crippen molar-refractivity contribution < 1.29 is 13.2 Å². The Bertz CT molecular complexity index is 341. The Balaban J connectivity index is 3.12. The van der Waals surface area contributed by atoms with Gasteiger partial charge in [-0.15, -0.1) is 0 Å². The summed E-state index contributed by atoms with van der Waals surface area (Å²) in [5.41, 5.74) is -0.222. The van der Waals surface area contributed by atoms with E-state index in [0.717, 1.165) is 18.2 Å². The maximum absolute atomic E-state index is 12.6. The van der Waals surface area contributed by atoms with E-state index in [0.29, 0.717) is 0 Å². The van der Waals surface area contributed by atoms with E-state index in [4.69, 9.17) is 5.26 Å². The van der Waals surface area contributed by atoms with E-state index < -0.39 is 12.2 Å². The molecule has 1 rings (SSSR count). The molecule has 0 aliphatic heterocycles. The molecule has 0 spiro atoms. The predicted molar refractivity (Wildman–Crippen MR) is 40.7 cm³/mol. The molecule has 0 bridgehead atoms. The van der Waals surface area contributed by atoms with Gasteiger partial charge >= 0.3 is 0 Å². The molecule has 0 fully saturated rings. The van der Waals surface area contributed by atoms with Crippen molar-refractivity contribution in [1.29, 1.82) is 5.26 Å². The number of hydrogen-bond acceptors (Lipinski definition) is 1. The van der Waals surface area contributed by atoms with E-state index in [-0.39, 0.29) is 17.5 Å². The Labute approximate surface area is 73.4 Å². The van der Waals surface area contributed by atoms with Crippen molar-refractivity contribution in [3.05, 3.63) is 35.1 Å². The van der Waals surface area contributed by atoms with Crippen LogP contribution >= 0.6 is 0 Å². The van der Waals surface area contributed by atoms with Crippen molar-refractivity contribution >= 4 is 0 Å². The van der Waals surface area contributed by atoms with Crippen LogP contribution in [-0.4, -0.2) is 0 Å². The molecule has 4 heteroatoms. The summed E-state index contributed by atoms with van der Waals surface area (Å²) in [5, 5.41) is 8.30. The van der Waals surface area contributed by atoms with Gasteiger partial charge < -0.3 is 0 Å². The molecule has 13 heavy (non-hydrogen) atoms. The molecule has 0 amide bonds. The summed E-state index contributed by atoms with van der Waals surface area (Å²) in [6.45, 7) is 0. The van der Waals surface area contributed by atoms with Crippen molar-refractivity contribution in [3.8, 4) is 6.07 Å². The SMILES string of the molecule is N#CCc1cc(F)ccc1C(F)F. The molecule has 0 saturated carbocycles. The normalized spacial score (nSPS) is 10.1. The maximum atomic E-state index is 12.6. The third-order valence-electron chi connectivity index (χ3n) is 1.61. The second kappa shape index (κ2) is 3.94. The van der Waals surface area contributed by atoms with Gasteiger partial charge in [0.1, 0.15) is 5.82 Å². The molecular formula is C9H6F3N. The molecule has 1 aromatic carbocycles. The third-order valence-corrected chi connectivity index (χ3v) is 1.61. The monoisotopic (exact) mass is 185 g/mol. The van der Waals surface area contributed by atoms with Crippen LogP contribution in [0.25, 0.3) is 0 Å². The van der Waals surface area contributed by atoms with E-state index in [2.05, 4.69) is 0 Å². The second-order valence-corrected chi connectivity index (χ2v) is 2.48. The molecule has 0 radical (unpaired) electrons. The summed E-state index contributed by atoms with van der Waals surface area (Å²) in [7, 11) is 0. The van der Waals surface area contributed by atoms with Crippen LogP contribution in [0.4, 0.5) is 13.2 Å². The highest BCUT2D eigenvalue weighted by atomic mass is 19.3. The first-order valence-electron chi connectivity index (χ1n) is 3.58. The van der Waals surface area contributed by atoms with Crippen molar-refractivity contribution in [1.82, 2.24) is 0 Å². The largest absolute Gasteiger partial charge is 0.264 e. The van der Waals surface area contributed by atoms with Gasteiger partial charge in [-0.3, -0.25) is 0 Å². The first-order chi connectivity index (χ1) is 6.15. The number of nitriles is 1. The summed E-state index contributed by atoms with van der Waals surface area (Å²) >= 11 is 0. The lowest BCUT2D eigenvalue weighted by Crippen LogP contribution is -1.94. The third kappa shape index (κ3) is 2.22. The van der Waals surface area contributed by atoms with E-state index in [1.165, 1.54) is 0 Å². The van der Waals surface area contributed by atoms with Gasteiger partial charge in [-0.05, 0) is 17.7 Å². The quantitative estimate of drug-likeness (QED) is 0.694. The molecule has 0 unspecified atom stereocenters. The highest BCUT2D eigenvalue weighted by Gasteiger charge is 2.12. The van der Waals surface area contributed by atoms with Crippen LogP contribution in [0.3, 0.4) is 0 Å². The molecule has 0 atom stereocenters. The summed E-state index contributed by atoms with van der Waals surface area (Å²) in [6.07, 6.45) is -2.86. The number of benzene rings is 1. The highest BCUT2D eigenvalue weighted by Crippen LogP contribution is 2.23. The zero-order chi connectivity index (χ0) is 9.84. The Morgan fingerprint density at radius 1 is 1.38 bits per heavy atom. The van der Waals surface area contributed by atoms with Gasteiger partial charge in [-0.2, -0.15) is 5.26 Å². The first kappa shape index (κ1) is 9.59. The van der Waals surface area contributed by atoms with Crippen molar-refractivity contribution in [2.45, 2.75) is 12.8 Å². The lowest BCUT2D eigenvalue weighted by Gasteiger charge is -2.04. The lowest BCUT2D eigenvalue weighted by molar-refractivity contribution is 0.150. The number of alkyl halides is 2. The van der Waals surface area contributed by atoms with Gasteiger partial charge in [0.25, 0.3) is 6.43 Å². The summed E-state index contributed by atoms with van der Waals surface area (Å²) in [5.74, 6) is -0.602. The molecule has 0 heterocycles. The van der Waals surface area contributed by atoms with E-state index in [1.807, 2.05) is 0 Å². The predicted octanol–water partition coefficient (Wildman–Crippen LogP) is 2.83. The number of nitrogens with zero attached hydrogens (tertiary/aromatic N) is 1. The van der Waals surface area contributed by atoms with Gasteiger partial charge in [0.15, 0.2) is 0 Å². The summed E-state index contributed by atoms with van der Waals surface area (Å²) in [6, 6.07) is 4.64. The van der Waals surface area contributed by atoms with E-state index >= 15 is 0 Å².